The van der Waals surface area contributed by atoms with Crippen LogP contribution in [-0.4, -0.2) is 97.0 Å². The minimum Gasteiger partial charge on any atom is -0.453 e. The van der Waals surface area contributed by atoms with Crippen molar-refractivity contribution in [1.29, 1.82) is 0 Å². The monoisotopic (exact) mass is 665 g/mol. The number of amides is 5. The number of Topliss-reactive ketones (excluding diaryl/α,β-unsaturated/α-hetero) is 1. The molecule has 0 spiro atoms. The van der Waals surface area contributed by atoms with Gasteiger partial charge in [0.25, 0.3) is 0 Å². The van der Waals surface area contributed by atoms with E-state index >= 15 is 0 Å². The van der Waals surface area contributed by atoms with Crippen molar-refractivity contribution in [3.8, 4) is 0 Å². The summed E-state index contributed by atoms with van der Waals surface area (Å²) < 4.78 is 9.36. The molecular weight excluding hydrogens is 618 g/mol. The third kappa shape index (κ3) is 8.42. The van der Waals surface area contributed by atoms with E-state index in [9.17, 15) is 28.8 Å². The molecule has 5 amide bonds. The summed E-state index contributed by atoms with van der Waals surface area (Å²) in [6.07, 6.45) is 1.20. The van der Waals surface area contributed by atoms with Gasteiger partial charge in [-0.15, -0.1) is 0 Å². The molecule has 2 saturated heterocycles. The quantitative estimate of drug-likeness (QED) is 0.328. The van der Waals surface area contributed by atoms with E-state index in [-0.39, 0.29) is 41.8 Å². The van der Waals surface area contributed by atoms with Crippen molar-refractivity contribution >= 4 is 52.2 Å². The van der Waals surface area contributed by atoms with Crippen LogP contribution in [0.4, 0.5) is 15.3 Å². The van der Waals surface area contributed by atoms with E-state index in [1.807, 2.05) is 58.0 Å². The number of carbonyl (C=O) groups is 6. The molecule has 2 aromatic rings. The first-order chi connectivity index (χ1) is 22.8. The van der Waals surface area contributed by atoms with Crippen molar-refractivity contribution in [3.05, 3.63) is 42.0 Å². The number of fused-ring (bicyclic) bond motifs is 1. The van der Waals surface area contributed by atoms with Crippen LogP contribution < -0.4 is 16.0 Å². The Morgan fingerprint density at radius 3 is 1.77 bits per heavy atom. The maximum absolute atomic E-state index is 13.5. The van der Waals surface area contributed by atoms with Crippen LogP contribution in [0.2, 0.25) is 0 Å². The number of anilines is 1. The molecule has 0 unspecified atom stereocenters. The molecule has 3 N–H and O–H groups in total. The molecule has 0 saturated carbocycles. The SMILES string of the molecule is COC(=O)N[C@H](C(=O)N1CCC[C@H]1C(=O)Cc1ccc2cc(NC(=O)[C@@H]3CCCN3C(=O)[C@@H](NC(=O)OC)C(C)C)ccc2c1)C(C)C. The summed E-state index contributed by atoms with van der Waals surface area (Å²) in [7, 11) is 2.48. The van der Waals surface area contributed by atoms with Crippen LogP contribution >= 0.6 is 0 Å². The fourth-order valence-corrected chi connectivity index (χ4v) is 6.45. The van der Waals surface area contributed by atoms with E-state index in [0.29, 0.717) is 44.5 Å². The fourth-order valence-electron chi connectivity index (χ4n) is 6.45. The summed E-state index contributed by atoms with van der Waals surface area (Å²) in [5.41, 5.74) is 1.38. The summed E-state index contributed by atoms with van der Waals surface area (Å²) in [6.45, 7) is 8.16. The molecule has 48 heavy (non-hydrogen) atoms. The van der Waals surface area contributed by atoms with Crippen LogP contribution in [0.5, 0.6) is 0 Å². The van der Waals surface area contributed by atoms with Gasteiger partial charge in [-0.1, -0.05) is 52.0 Å². The average Bonchev–Trinajstić information content (AvgIpc) is 3.76. The Kier molecular flexibility index (Phi) is 12.0. The van der Waals surface area contributed by atoms with Crippen molar-refractivity contribution in [2.45, 2.75) is 84.0 Å². The largest absolute Gasteiger partial charge is 0.453 e. The average molecular weight is 666 g/mol. The van der Waals surface area contributed by atoms with Crippen molar-refractivity contribution in [2.24, 2.45) is 11.8 Å². The van der Waals surface area contributed by atoms with Crippen LogP contribution in [0, 0.1) is 11.8 Å². The van der Waals surface area contributed by atoms with Crippen LogP contribution in [0.15, 0.2) is 36.4 Å². The third-order valence-corrected chi connectivity index (χ3v) is 9.08. The van der Waals surface area contributed by atoms with Crippen LogP contribution in [0.3, 0.4) is 0 Å². The van der Waals surface area contributed by atoms with E-state index in [1.54, 1.807) is 11.0 Å². The second kappa shape index (κ2) is 15.9. The summed E-state index contributed by atoms with van der Waals surface area (Å²) in [4.78, 5) is 80.3. The molecule has 4 rings (SSSR count). The van der Waals surface area contributed by atoms with E-state index < -0.39 is 36.4 Å². The number of nitrogens with zero attached hydrogens (tertiary/aromatic N) is 2. The van der Waals surface area contributed by atoms with Crippen molar-refractivity contribution in [1.82, 2.24) is 20.4 Å². The molecule has 4 atom stereocenters. The molecular formula is C35H47N5O8. The van der Waals surface area contributed by atoms with E-state index in [2.05, 4.69) is 25.4 Å². The van der Waals surface area contributed by atoms with E-state index in [0.717, 1.165) is 16.3 Å². The maximum atomic E-state index is 13.5. The normalized spacial score (nSPS) is 18.8. The molecule has 2 fully saturated rings. The van der Waals surface area contributed by atoms with E-state index in [4.69, 9.17) is 0 Å². The second-order valence-electron chi connectivity index (χ2n) is 13.1. The number of carbonyl (C=O) groups excluding carboxylic acids is 6. The van der Waals surface area contributed by atoms with Crippen molar-refractivity contribution in [2.75, 3.05) is 32.6 Å². The Morgan fingerprint density at radius 2 is 1.23 bits per heavy atom. The zero-order valence-corrected chi connectivity index (χ0v) is 28.5. The highest BCUT2D eigenvalue weighted by molar-refractivity contribution is 6.00. The van der Waals surface area contributed by atoms with Crippen molar-refractivity contribution in [3.63, 3.8) is 0 Å². The minimum absolute atomic E-state index is 0.0678. The summed E-state index contributed by atoms with van der Waals surface area (Å²) in [6, 6.07) is 8.31. The molecule has 0 radical (unpaired) electrons. The highest BCUT2D eigenvalue weighted by atomic mass is 16.5. The molecule has 2 heterocycles. The fraction of sp³-hybridized carbons (Fsp3) is 0.543. The lowest BCUT2D eigenvalue weighted by atomic mass is 9.98. The van der Waals surface area contributed by atoms with Crippen molar-refractivity contribution < 1.29 is 38.2 Å². The van der Waals surface area contributed by atoms with Gasteiger partial charge < -0.3 is 35.2 Å². The van der Waals surface area contributed by atoms with Crippen LogP contribution in [0.25, 0.3) is 10.8 Å². The summed E-state index contributed by atoms with van der Waals surface area (Å²) in [5, 5.41) is 9.87. The molecule has 0 bridgehead atoms. The number of rotatable bonds is 11. The summed E-state index contributed by atoms with van der Waals surface area (Å²) >= 11 is 0. The first-order valence-electron chi connectivity index (χ1n) is 16.5. The zero-order chi connectivity index (χ0) is 35.1. The van der Waals surface area contributed by atoms with Gasteiger partial charge in [0.1, 0.15) is 18.1 Å². The number of alkyl carbamates (subject to hydrolysis) is 2. The molecule has 0 aliphatic carbocycles. The highest BCUT2D eigenvalue weighted by Crippen LogP contribution is 2.26. The number of methoxy groups -OCH3 is 2. The smallest absolute Gasteiger partial charge is 0.407 e. The van der Waals surface area contributed by atoms with Gasteiger partial charge in [-0.3, -0.25) is 19.2 Å². The Bertz CT molecular complexity index is 1430. The molecule has 0 aromatic heterocycles. The molecule has 2 aromatic carbocycles. The first kappa shape index (κ1) is 36.2. The standard InChI is InChI=1S/C35H47N5O8/c1-20(2)29(37-34(45)47-5)32(43)39-15-7-9-26(39)28(41)18-22-11-12-24-19-25(14-13-23(24)17-22)36-31(42)27-10-8-16-40(27)33(44)30(21(3)4)38-35(46)48-6/h11-14,17,19-21,26-27,29-30H,7-10,15-16,18H2,1-6H3,(H,36,42)(H,37,45)(H,38,46)/t26-,27-,29-,30-/m0/s1. The first-order valence-corrected chi connectivity index (χ1v) is 16.5. The number of ketones is 1. The van der Waals surface area contributed by atoms with Gasteiger partial charge in [0, 0.05) is 25.2 Å². The molecule has 2 aliphatic heterocycles. The summed E-state index contributed by atoms with van der Waals surface area (Å²) in [5.74, 6) is -1.37. The number of benzene rings is 2. The van der Waals surface area contributed by atoms with Crippen LogP contribution in [0.1, 0.15) is 58.9 Å². The Labute approximate surface area is 281 Å². The highest BCUT2D eigenvalue weighted by Gasteiger charge is 2.40. The lowest BCUT2D eigenvalue weighted by molar-refractivity contribution is -0.139. The number of ether oxygens (including phenoxy) is 2. The van der Waals surface area contributed by atoms with Gasteiger partial charge in [-0.2, -0.15) is 0 Å². The van der Waals surface area contributed by atoms with Gasteiger partial charge in [0.05, 0.1) is 20.3 Å². The molecule has 260 valence electrons. The number of likely N-dealkylation sites (tertiary alicyclic amines) is 2. The maximum Gasteiger partial charge on any atom is 0.407 e. The Morgan fingerprint density at radius 1 is 0.729 bits per heavy atom. The van der Waals surface area contributed by atoms with Gasteiger partial charge in [-0.25, -0.2) is 9.59 Å². The molecule has 13 heteroatoms. The zero-order valence-electron chi connectivity index (χ0n) is 28.5. The molecule has 2 aliphatic rings. The van der Waals surface area contributed by atoms with Crippen LogP contribution in [-0.2, 0) is 35.1 Å². The van der Waals surface area contributed by atoms with E-state index in [1.165, 1.54) is 19.1 Å². The Balaban J connectivity index is 1.41. The number of hydrogen-bond donors (Lipinski definition) is 3. The van der Waals surface area contributed by atoms with Gasteiger partial charge in [0.15, 0.2) is 5.78 Å². The lowest BCUT2D eigenvalue weighted by Crippen LogP contribution is -2.54. The van der Waals surface area contributed by atoms with Gasteiger partial charge in [-0.05, 0) is 66.0 Å². The number of nitrogens with one attached hydrogen (secondary N) is 3. The minimum atomic E-state index is -0.814. The van der Waals surface area contributed by atoms with Gasteiger partial charge >= 0.3 is 12.2 Å². The second-order valence-corrected chi connectivity index (χ2v) is 13.1. The lowest BCUT2D eigenvalue weighted by Gasteiger charge is -2.30. The number of hydrogen-bond acceptors (Lipinski definition) is 8. The van der Waals surface area contributed by atoms with Gasteiger partial charge in [0.2, 0.25) is 17.7 Å². The third-order valence-electron chi connectivity index (χ3n) is 9.08. The predicted molar refractivity (Wildman–Crippen MR) is 179 cm³/mol. The predicted octanol–water partition coefficient (Wildman–Crippen LogP) is 3.63. The Hall–Kier alpha value is -4.68. The molecule has 13 nitrogen and oxygen atoms in total. The topological polar surface area (TPSA) is 163 Å².